The van der Waals surface area contributed by atoms with Crippen molar-refractivity contribution in [3.05, 3.63) is 18.1 Å². The minimum Gasteiger partial charge on any atom is -0.342 e. The highest BCUT2D eigenvalue weighted by atomic mass is 32.2. The maximum absolute atomic E-state index is 12.3. The number of thioether (sulfide) groups is 1. The van der Waals surface area contributed by atoms with E-state index in [9.17, 15) is 4.79 Å². The van der Waals surface area contributed by atoms with Crippen LogP contribution in [0.5, 0.6) is 0 Å². The molecule has 0 aromatic carbocycles. The number of likely N-dealkylation sites (tertiary alicyclic amines) is 1. The molecular formula is C14H19N5OS. The first kappa shape index (κ1) is 14.3. The molecule has 0 unspecified atom stereocenters. The van der Waals surface area contributed by atoms with Gasteiger partial charge in [0.05, 0.1) is 5.75 Å². The summed E-state index contributed by atoms with van der Waals surface area (Å²) < 4.78 is 1.68. The lowest BCUT2D eigenvalue weighted by Crippen LogP contribution is -2.38. The van der Waals surface area contributed by atoms with E-state index >= 15 is 0 Å². The van der Waals surface area contributed by atoms with Crippen LogP contribution in [0.1, 0.15) is 25.5 Å². The Hall–Kier alpha value is -1.63. The van der Waals surface area contributed by atoms with Gasteiger partial charge in [-0.2, -0.15) is 14.6 Å². The lowest BCUT2D eigenvalue weighted by molar-refractivity contribution is -0.129. The summed E-state index contributed by atoms with van der Waals surface area (Å²) in [5.74, 6) is 1.96. The molecule has 1 aliphatic heterocycles. The van der Waals surface area contributed by atoms with Gasteiger partial charge in [-0.3, -0.25) is 4.79 Å². The van der Waals surface area contributed by atoms with Crippen molar-refractivity contribution in [2.24, 2.45) is 5.92 Å². The van der Waals surface area contributed by atoms with Gasteiger partial charge < -0.3 is 4.90 Å². The molecule has 7 heteroatoms. The molecule has 3 heterocycles. The van der Waals surface area contributed by atoms with Gasteiger partial charge >= 0.3 is 0 Å². The van der Waals surface area contributed by atoms with Crippen LogP contribution in [-0.2, 0) is 4.79 Å². The summed E-state index contributed by atoms with van der Waals surface area (Å²) in [4.78, 5) is 22.7. The molecule has 1 fully saturated rings. The summed E-state index contributed by atoms with van der Waals surface area (Å²) in [6, 6.07) is 1.94. The molecule has 3 rings (SSSR count). The van der Waals surface area contributed by atoms with Crippen LogP contribution in [0.25, 0.3) is 5.78 Å². The Morgan fingerprint density at radius 1 is 1.43 bits per heavy atom. The van der Waals surface area contributed by atoms with Gasteiger partial charge in [0.1, 0.15) is 11.4 Å². The van der Waals surface area contributed by atoms with Crippen LogP contribution in [0.4, 0.5) is 0 Å². The molecule has 0 bridgehead atoms. The fraction of sp³-hybridized carbons (Fsp3) is 0.571. The third-order valence-corrected chi connectivity index (χ3v) is 4.80. The van der Waals surface area contributed by atoms with Crippen molar-refractivity contribution in [3.63, 3.8) is 0 Å². The number of hydrogen-bond donors (Lipinski definition) is 0. The molecule has 2 aromatic heterocycles. The highest BCUT2D eigenvalue weighted by Crippen LogP contribution is 2.21. The Morgan fingerprint density at radius 3 is 2.95 bits per heavy atom. The molecule has 0 radical (unpaired) electrons. The minimum atomic E-state index is 0.203. The Bertz CT molecular complexity index is 648. The second-order valence-corrected chi connectivity index (χ2v) is 6.56. The average molecular weight is 305 g/mol. The predicted octanol–water partition coefficient (Wildman–Crippen LogP) is 1.78. The molecule has 0 N–H and O–H groups in total. The van der Waals surface area contributed by atoms with E-state index in [4.69, 9.17) is 0 Å². The number of rotatable bonds is 3. The van der Waals surface area contributed by atoms with Gasteiger partial charge in [-0.1, -0.05) is 18.7 Å². The fourth-order valence-corrected chi connectivity index (χ4v) is 3.44. The van der Waals surface area contributed by atoms with Crippen molar-refractivity contribution < 1.29 is 4.79 Å². The van der Waals surface area contributed by atoms with Gasteiger partial charge in [0.25, 0.3) is 5.78 Å². The zero-order valence-electron chi connectivity index (χ0n) is 12.3. The smallest absolute Gasteiger partial charge is 0.253 e. The molecule has 1 aliphatic rings. The summed E-state index contributed by atoms with van der Waals surface area (Å²) in [5.41, 5.74) is 0.886. The Balaban J connectivity index is 1.66. The molecule has 21 heavy (non-hydrogen) atoms. The Morgan fingerprint density at radius 2 is 2.19 bits per heavy atom. The van der Waals surface area contributed by atoms with E-state index in [0.29, 0.717) is 11.5 Å². The van der Waals surface area contributed by atoms with E-state index in [2.05, 4.69) is 22.0 Å². The Kier molecular flexibility index (Phi) is 4.10. The van der Waals surface area contributed by atoms with Crippen LogP contribution in [0, 0.1) is 12.8 Å². The first-order chi connectivity index (χ1) is 10.1. The number of piperidine rings is 1. The predicted molar refractivity (Wildman–Crippen MR) is 81.2 cm³/mol. The fourth-order valence-electron chi connectivity index (χ4n) is 2.48. The topological polar surface area (TPSA) is 63.4 Å². The summed E-state index contributed by atoms with van der Waals surface area (Å²) >= 11 is 1.50. The zero-order chi connectivity index (χ0) is 14.8. The van der Waals surface area contributed by atoms with E-state index in [0.717, 1.165) is 42.6 Å². The number of aromatic nitrogens is 4. The molecule has 0 atom stereocenters. The lowest BCUT2D eigenvalue weighted by atomic mass is 9.99. The largest absolute Gasteiger partial charge is 0.342 e. The van der Waals surface area contributed by atoms with E-state index in [-0.39, 0.29) is 5.91 Å². The Labute approximate surface area is 128 Å². The maximum Gasteiger partial charge on any atom is 0.253 e. The van der Waals surface area contributed by atoms with Crippen LogP contribution in [-0.4, -0.2) is 49.2 Å². The van der Waals surface area contributed by atoms with Crippen molar-refractivity contribution >= 4 is 23.4 Å². The van der Waals surface area contributed by atoms with E-state index in [1.54, 1.807) is 4.52 Å². The number of carbonyl (C=O) groups is 1. The number of nitrogens with zero attached hydrogens (tertiary/aromatic N) is 5. The van der Waals surface area contributed by atoms with Crippen LogP contribution in [0.15, 0.2) is 17.4 Å². The number of hydrogen-bond acceptors (Lipinski definition) is 5. The van der Waals surface area contributed by atoms with Crippen molar-refractivity contribution in [2.45, 2.75) is 31.7 Å². The third kappa shape index (κ3) is 3.18. The standard InChI is InChI=1S/C14H19N5OS/c1-10-3-5-18(6-4-10)12(20)8-21-13-7-11(2)17-14-15-9-16-19(13)14/h7,9-10H,3-6,8H2,1-2H3. The molecule has 0 spiro atoms. The molecular weight excluding hydrogens is 286 g/mol. The van der Waals surface area contributed by atoms with Gasteiger partial charge in [-0.15, -0.1) is 0 Å². The normalized spacial score (nSPS) is 16.6. The van der Waals surface area contributed by atoms with Crippen LogP contribution in [0.2, 0.25) is 0 Å². The van der Waals surface area contributed by atoms with Crippen molar-refractivity contribution in [1.82, 2.24) is 24.5 Å². The maximum atomic E-state index is 12.3. The number of carbonyl (C=O) groups excluding carboxylic acids is 1. The van der Waals surface area contributed by atoms with E-state index < -0.39 is 0 Å². The minimum absolute atomic E-state index is 0.203. The van der Waals surface area contributed by atoms with E-state index in [1.807, 2.05) is 17.9 Å². The van der Waals surface area contributed by atoms with E-state index in [1.165, 1.54) is 18.1 Å². The van der Waals surface area contributed by atoms with Gasteiger partial charge in [0.2, 0.25) is 5.91 Å². The molecule has 0 saturated carbocycles. The quantitative estimate of drug-likeness (QED) is 0.639. The zero-order valence-corrected chi connectivity index (χ0v) is 13.1. The van der Waals surface area contributed by atoms with Crippen LogP contribution in [0.3, 0.4) is 0 Å². The van der Waals surface area contributed by atoms with Crippen LogP contribution < -0.4 is 0 Å². The monoisotopic (exact) mass is 305 g/mol. The second kappa shape index (κ2) is 6.01. The van der Waals surface area contributed by atoms with Crippen molar-refractivity contribution in [3.8, 4) is 0 Å². The summed E-state index contributed by atoms with van der Waals surface area (Å²) in [6.45, 7) is 5.94. The SMILES string of the molecule is Cc1cc(SCC(=O)N2CCC(C)CC2)n2ncnc2n1. The first-order valence-corrected chi connectivity index (χ1v) is 8.20. The summed E-state index contributed by atoms with van der Waals surface area (Å²) in [7, 11) is 0. The highest BCUT2D eigenvalue weighted by Gasteiger charge is 2.20. The molecule has 1 amide bonds. The highest BCUT2D eigenvalue weighted by molar-refractivity contribution is 7.99. The molecule has 0 aliphatic carbocycles. The van der Waals surface area contributed by atoms with Gasteiger partial charge in [-0.05, 0) is 31.7 Å². The van der Waals surface area contributed by atoms with Crippen molar-refractivity contribution in [1.29, 1.82) is 0 Å². The molecule has 1 saturated heterocycles. The van der Waals surface area contributed by atoms with Crippen LogP contribution >= 0.6 is 11.8 Å². The third-order valence-electron chi connectivity index (χ3n) is 3.83. The summed E-state index contributed by atoms with van der Waals surface area (Å²) in [5, 5.41) is 5.07. The lowest BCUT2D eigenvalue weighted by Gasteiger charge is -2.30. The number of aryl methyl sites for hydroxylation is 1. The first-order valence-electron chi connectivity index (χ1n) is 7.21. The van der Waals surface area contributed by atoms with Gasteiger partial charge in [0, 0.05) is 18.8 Å². The van der Waals surface area contributed by atoms with Crippen molar-refractivity contribution in [2.75, 3.05) is 18.8 Å². The summed E-state index contributed by atoms with van der Waals surface area (Å²) in [6.07, 6.45) is 3.70. The average Bonchev–Trinajstić information content (AvgIpc) is 2.93. The molecule has 2 aromatic rings. The number of fused-ring (bicyclic) bond motifs is 1. The second-order valence-electron chi connectivity index (χ2n) is 5.56. The van der Waals surface area contributed by atoms with Gasteiger partial charge in [-0.25, -0.2) is 4.98 Å². The molecule has 6 nitrogen and oxygen atoms in total. The number of amides is 1. The van der Waals surface area contributed by atoms with Gasteiger partial charge in [0.15, 0.2) is 0 Å². The molecule has 112 valence electrons.